The van der Waals surface area contributed by atoms with Crippen LogP contribution < -0.4 is 15.7 Å². The predicted octanol–water partition coefficient (Wildman–Crippen LogP) is 5.42. The number of carbonyl (C=O) groups excluding carboxylic acids is 1. The first-order valence-corrected chi connectivity index (χ1v) is 11.2. The van der Waals surface area contributed by atoms with E-state index in [1.807, 2.05) is 38.1 Å². The number of rotatable bonds is 5. The lowest BCUT2D eigenvalue weighted by atomic mass is 10.1. The van der Waals surface area contributed by atoms with Crippen molar-refractivity contribution in [1.82, 2.24) is 9.97 Å². The Morgan fingerprint density at radius 2 is 2.03 bits per heavy atom. The minimum Gasteiger partial charge on any atom is -0.490 e. The van der Waals surface area contributed by atoms with Crippen molar-refractivity contribution in [1.29, 1.82) is 0 Å². The Kier molecular flexibility index (Phi) is 5.35. The van der Waals surface area contributed by atoms with Crippen LogP contribution in [0.1, 0.15) is 22.8 Å². The van der Waals surface area contributed by atoms with Crippen LogP contribution in [-0.4, -0.2) is 22.5 Å². The molecule has 0 saturated carbocycles. The van der Waals surface area contributed by atoms with Crippen molar-refractivity contribution >= 4 is 44.2 Å². The highest BCUT2D eigenvalue weighted by Crippen LogP contribution is 2.31. The van der Waals surface area contributed by atoms with Crippen molar-refractivity contribution in [2.45, 2.75) is 13.8 Å². The Morgan fingerprint density at radius 1 is 1.15 bits per heavy atom. The molecule has 0 bridgehead atoms. The molecule has 0 radical (unpaired) electrons. The Balaban J connectivity index is 1.43. The van der Waals surface area contributed by atoms with Crippen LogP contribution in [0.5, 0.6) is 5.75 Å². The van der Waals surface area contributed by atoms with Crippen molar-refractivity contribution in [2.75, 3.05) is 11.9 Å². The number of benzene rings is 2. The average molecular weight is 458 g/mol. The molecule has 8 heteroatoms. The molecule has 7 nitrogen and oxygen atoms in total. The summed E-state index contributed by atoms with van der Waals surface area (Å²) >= 11 is 1.51. The number of nitrogens with zero attached hydrogens (tertiary/aromatic N) is 2. The molecule has 3 heterocycles. The van der Waals surface area contributed by atoms with Gasteiger partial charge in [-0.25, -0.2) is 14.8 Å². The molecule has 2 aromatic carbocycles. The van der Waals surface area contributed by atoms with Gasteiger partial charge in [0.2, 0.25) is 0 Å². The summed E-state index contributed by atoms with van der Waals surface area (Å²) < 4.78 is 10.9. The first kappa shape index (κ1) is 20.8. The van der Waals surface area contributed by atoms with Crippen LogP contribution in [0.25, 0.3) is 31.9 Å². The van der Waals surface area contributed by atoms with Crippen LogP contribution in [0.15, 0.2) is 70.0 Å². The van der Waals surface area contributed by atoms with E-state index in [0.717, 1.165) is 26.5 Å². The van der Waals surface area contributed by atoms with Crippen molar-refractivity contribution < 1.29 is 13.9 Å². The highest BCUT2D eigenvalue weighted by Gasteiger charge is 2.17. The van der Waals surface area contributed by atoms with Gasteiger partial charge in [0.15, 0.2) is 11.3 Å². The molecular formula is C25H19N3O4S. The van der Waals surface area contributed by atoms with Crippen molar-refractivity contribution in [2.24, 2.45) is 0 Å². The topological polar surface area (TPSA) is 94.3 Å². The Labute approximate surface area is 192 Å². The predicted molar refractivity (Wildman–Crippen MR) is 129 cm³/mol. The molecule has 3 aromatic heterocycles. The summed E-state index contributed by atoms with van der Waals surface area (Å²) in [5.41, 5.74) is 2.76. The first-order valence-electron chi connectivity index (χ1n) is 10.4. The quantitative estimate of drug-likeness (QED) is 0.354. The number of hydrogen-bond donors (Lipinski definition) is 1. The van der Waals surface area contributed by atoms with E-state index >= 15 is 0 Å². The lowest BCUT2D eigenvalue weighted by Gasteiger charge is -2.10. The summed E-state index contributed by atoms with van der Waals surface area (Å²) in [6.45, 7) is 4.18. The number of fused-ring (bicyclic) bond motifs is 2. The molecule has 0 unspecified atom stereocenters. The van der Waals surface area contributed by atoms with Gasteiger partial charge in [0.1, 0.15) is 20.9 Å². The largest absolute Gasteiger partial charge is 0.490 e. The minimum atomic E-state index is -0.719. The van der Waals surface area contributed by atoms with Gasteiger partial charge in [-0.05, 0) is 61.9 Å². The van der Waals surface area contributed by atoms with Crippen LogP contribution in [0.2, 0.25) is 0 Å². The number of carbonyl (C=O) groups is 1. The van der Waals surface area contributed by atoms with Crippen molar-refractivity contribution in [3.05, 3.63) is 82.3 Å². The van der Waals surface area contributed by atoms with Crippen molar-refractivity contribution in [3.63, 3.8) is 0 Å². The van der Waals surface area contributed by atoms with Crippen LogP contribution >= 0.6 is 11.3 Å². The number of aryl methyl sites for hydroxylation is 1. The molecule has 33 heavy (non-hydrogen) atoms. The van der Waals surface area contributed by atoms with Crippen molar-refractivity contribution in [3.8, 4) is 16.3 Å². The fraction of sp³-hybridized carbons (Fsp3) is 0.120. The van der Waals surface area contributed by atoms with Crippen LogP contribution in [0.3, 0.4) is 0 Å². The number of hydrogen-bond acceptors (Lipinski definition) is 7. The zero-order chi connectivity index (χ0) is 22.9. The van der Waals surface area contributed by atoms with E-state index in [2.05, 4.69) is 15.3 Å². The van der Waals surface area contributed by atoms with Gasteiger partial charge in [-0.1, -0.05) is 23.5 Å². The zero-order valence-corrected chi connectivity index (χ0v) is 18.7. The minimum absolute atomic E-state index is 0.0723. The Hall–Kier alpha value is -4.04. The number of anilines is 1. The van der Waals surface area contributed by atoms with Gasteiger partial charge in [-0.15, -0.1) is 0 Å². The number of pyridine rings is 1. The maximum absolute atomic E-state index is 12.9. The third kappa shape index (κ3) is 3.96. The molecule has 0 saturated heterocycles. The smallest absolute Gasteiger partial charge is 0.349 e. The van der Waals surface area contributed by atoms with E-state index < -0.39 is 11.5 Å². The van der Waals surface area contributed by atoms with Gasteiger partial charge >= 0.3 is 5.63 Å². The van der Waals surface area contributed by atoms with Gasteiger partial charge in [0, 0.05) is 22.8 Å². The first-order chi connectivity index (χ1) is 16.0. The zero-order valence-electron chi connectivity index (χ0n) is 17.9. The molecule has 0 aliphatic heterocycles. The molecule has 0 atom stereocenters. The van der Waals surface area contributed by atoms with Gasteiger partial charge in [0.25, 0.3) is 5.91 Å². The fourth-order valence-electron chi connectivity index (χ4n) is 3.57. The number of thiazole rings is 1. The second-order valence-electron chi connectivity index (χ2n) is 7.39. The SMILES string of the molecule is CCOc1cccc2cc(C(=O)Nc3ccc(-c4nc5cccnc5s4)cc3C)c(=O)oc12. The number of ether oxygens (including phenoxy) is 1. The van der Waals surface area contributed by atoms with Crippen LogP contribution in [0, 0.1) is 6.92 Å². The summed E-state index contributed by atoms with van der Waals surface area (Å²) in [6.07, 6.45) is 1.75. The van der Waals surface area contributed by atoms with Gasteiger partial charge in [-0.2, -0.15) is 0 Å². The Morgan fingerprint density at radius 3 is 2.82 bits per heavy atom. The molecule has 0 aliphatic rings. The highest BCUT2D eigenvalue weighted by atomic mass is 32.1. The summed E-state index contributed by atoms with van der Waals surface area (Å²) in [4.78, 5) is 35.3. The summed E-state index contributed by atoms with van der Waals surface area (Å²) in [5, 5.41) is 4.28. The van der Waals surface area contributed by atoms with Gasteiger partial charge in [0.05, 0.1) is 6.61 Å². The number of para-hydroxylation sites is 1. The molecule has 0 aliphatic carbocycles. The highest BCUT2D eigenvalue weighted by molar-refractivity contribution is 7.21. The number of amides is 1. The fourth-order valence-corrected chi connectivity index (χ4v) is 4.47. The molecular weight excluding hydrogens is 438 g/mol. The van der Waals surface area contributed by atoms with Crippen LogP contribution in [0.4, 0.5) is 5.69 Å². The third-order valence-corrected chi connectivity index (χ3v) is 6.18. The second kappa shape index (κ2) is 8.48. The van der Waals surface area contributed by atoms with E-state index in [-0.39, 0.29) is 5.56 Å². The summed E-state index contributed by atoms with van der Waals surface area (Å²) in [7, 11) is 0. The second-order valence-corrected chi connectivity index (χ2v) is 8.36. The maximum Gasteiger partial charge on any atom is 0.349 e. The molecule has 0 fully saturated rings. The molecule has 164 valence electrons. The van der Waals surface area contributed by atoms with E-state index in [1.54, 1.807) is 30.5 Å². The van der Waals surface area contributed by atoms with E-state index in [0.29, 0.717) is 29.0 Å². The van der Waals surface area contributed by atoms with Crippen LogP contribution in [-0.2, 0) is 0 Å². The number of aromatic nitrogens is 2. The van der Waals surface area contributed by atoms with E-state index in [4.69, 9.17) is 9.15 Å². The summed E-state index contributed by atoms with van der Waals surface area (Å²) in [5.74, 6) is -0.0666. The summed E-state index contributed by atoms with van der Waals surface area (Å²) in [6, 6.07) is 16.2. The monoisotopic (exact) mass is 457 g/mol. The van der Waals surface area contributed by atoms with E-state index in [9.17, 15) is 9.59 Å². The van der Waals surface area contributed by atoms with E-state index in [1.165, 1.54) is 17.4 Å². The average Bonchev–Trinajstić information content (AvgIpc) is 3.25. The molecule has 1 N–H and O–H groups in total. The third-order valence-electron chi connectivity index (χ3n) is 5.16. The molecule has 5 rings (SSSR count). The lowest BCUT2D eigenvalue weighted by Crippen LogP contribution is -2.21. The van der Waals surface area contributed by atoms with Gasteiger partial charge < -0.3 is 14.5 Å². The maximum atomic E-state index is 12.9. The lowest BCUT2D eigenvalue weighted by molar-refractivity contribution is 0.102. The Bertz CT molecular complexity index is 1540. The molecule has 0 spiro atoms. The normalized spacial score (nSPS) is 11.1. The number of nitrogens with one attached hydrogen (secondary N) is 1. The standard InChI is InChI=1S/C25H19N3O4S/c1-3-31-20-8-4-6-15-13-17(25(30)32-21(15)20)22(29)27-18-10-9-16(12-14(18)2)23-28-19-7-5-11-26-24(19)33-23/h4-13H,3H2,1-2H3,(H,27,29). The molecule has 5 aromatic rings. The van der Waals surface area contributed by atoms with Gasteiger partial charge in [-0.3, -0.25) is 4.79 Å². The molecule has 1 amide bonds.